The van der Waals surface area contributed by atoms with Crippen molar-refractivity contribution in [1.29, 1.82) is 5.26 Å². The lowest BCUT2D eigenvalue weighted by Crippen LogP contribution is -2.46. The van der Waals surface area contributed by atoms with Gasteiger partial charge in [0.1, 0.15) is 30.6 Å². The molecule has 12 heteroatoms. The minimum Gasteiger partial charge on any atom is -0.460 e. The lowest BCUT2D eigenvalue weighted by molar-refractivity contribution is -0.173. The Labute approximate surface area is 215 Å². The summed E-state index contributed by atoms with van der Waals surface area (Å²) < 4.78 is 17.6. The zero-order valence-corrected chi connectivity index (χ0v) is 21.5. The molecule has 1 saturated carbocycles. The van der Waals surface area contributed by atoms with Gasteiger partial charge in [0.2, 0.25) is 0 Å². The first kappa shape index (κ1) is 28.1. The van der Waals surface area contributed by atoms with Gasteiger partial charge in [0.15, 0.2) is 18.0 Å². The lowest BCUT2D eigenvalue weighted by Gasteiger charge is -2.30. The van der Waals surface area contributed by atoms with Gasteiger partial charge < -0.3 is 30.8 Å². The van der Waals surface area contributed by atoms with Crippen molar-refractivity contribution in [3.05, 3.63) is 24.2 Å². The van der Waals surface area contributed by atoms with Crippen LogP contribution < -0.4 is 11.5 Å². The Morgan fingerprint density at radius 3 is 2.62 bits per heavy atom. The first-order chi connectivity index (χ1) is 17.5. The summed E-state index contributed by atoms with van der Waals surface area (Å²) in [6.07, 6.45) is 3.81. The number of hydrogen-bond acceptors (Lipinski definition) is 11. The predicted octanol–water partition coefficient (Wildman–Crippen LogP) is 2.01. The van der Waals surface area contributed by atoms with Gasteiger partial charge in [-0.25, -0.2) is 9.50 Å². The minimum absolute atomic E-state index is 0.168. The fraction of sp³-hybridized carbons (Fsp3) is 0.640. The summed E-state index contributed by atoms with van der Waals surface area (Å²) >= 11 is 0. The molecule has 37 heavy (non-hydrogen) atoms. The topological polar surface area (TPSA) is 188 Å². The Bertz CT molecular complexity index is 1120. The SMILES string of the molecule is CC(C)(C)[C@@H](N)C(=O)OC[C@@H](OC#N)[C@@H](OC(=O)CC1CCCCC1)[C@@H](O)c1ccc2c(N)ncnn12. The number of nitriles is 1. The van der Waals surface area contributed by atoms with Gasteiger partial charge in [0.05, 0.1) is 5.69 Å². The van der Waals surface area contributed by atoms with Gasteiger partial charge in [-0.1, -0.05) is 40.0 Å². The number of carbonyl (C=O) groups excluding carboxylic acids is 2. The van der Waals surface area contributed by atoms with Crippen LogP contribution in [-0.2, 0) is 23.8 Å². The van der Waals surface area contributed by atoms with Crippen molar-refractivity contribution in [3.8, 4) is 6.26 Å². The fourth-order valence-corrected chi connectivity index (χ4v) is 4.41. The van der Waals surface area contributed by atoms with Crippen LogP contribution in [0.5, 0.6) is 0 Å². The van der Waals surface area contributed by atoms with Crippen LogP contribution in [0.4, 0.5) is 5.82 Å². The molecule has 3 rings (SSSR count). The molecular formula is C25H36N6O6. The van der Waals surface area contributed by atoms with Crippen LogP contribution in [0.25, 0.3) is 5.52 Å². The molecule has 1 fully saturated rings. The zero-order valence-electron chi connectivity index (χ0n) is 21.5. The summed E-state index contributed by atoms with van der Waals surface area (Å²) in [5.74, 6) is -0.891. The van der Waals surface area contributed by atoms with Gasteiger partial charge in [-0.05, 0) is 36.3 Å². The summed E-state index contributed by atoms with van der Waals surface area (Å²) in [4.78, 5) is 29.4. The van der Waals surface area contributed by atoms with Crippen molar-refractivity contribution >= 4 is 23.3 Å². The number of anilines is 1. The third-order valence-corrected chi connectivity index (χ3v) is 6.72. The largest absolute Gasteiger partial charge is 0.460 e. The van der Waals surface area contributed by atoms with Crippen molar-refractivity contribution in [2.75, 3.05) is 12.3 Å². The van der Waals surface area contributed by atoms with E-state index in [0.29, 0.717) is 5.52 Å². The van der Waals surface area contributed by atoms with Crippen LogP contribution in [0.15, 0.2) is 18.5 Å². The normalized spacial score (nSPS) is 17.8. The highest BCUT2D eigenvalue weighted by Gasteiger charge is 2.39. The maximum absolute atomic E-state index is 12.9. The summed E-state index contributed by atoms with van der Waals surface area (Å²) in [6.45, 7) is 4.88. The molecule has 0 aliphatic heterocycles. The molecule has 0 spiro atoms. The number of nitrogens with two attached hydrogens (primary N) is 2. The zero-order chi connectivity index (χ0) is 27.2. The number of aromatic nitrogens is 3. The summed E-state index contributed by atoms with van der Waals surface area (Å²) in [7, 11) is 0. The number of aliphatic hydroxyl groups is 1. The van der Waals surface area contributed by atoms with Crippen LogP contribution in [0, 0.1) is 22.9 Å². The number of aliphatic hydroxyl groups excluding tert-OH is 1. The first-order valence-electron chi connectivity index (χ1n) is 12.5. The van der Waals surface area contributed by atoms with Crippen molar-refractivity contribution < 1.29 is 28.9 Å². The number of hydrogen-bond donors (Lipinski definition) is 3. The Hall–Kier alpha value is -3.43. The molecule has 2 aromatic rings. The first-order valence-corrected chi connectivity index (χ1v) is 12.5. The van der Waals surface area contributed by atoms with E-state index in [9.17, 15) is 20.0 Å². The number of fused-ring (bicyclic) bond motifs is 1. The summed E-state index contributed by atoms with van der Waals surface area (Å²) in [5, 5.41) is 24.8. The van der Waals surface area contributed by atoms with E-state index in [4.69, 9.17) is 25.7 Å². The third kappa shape index (κ3) is 7.08. The van der Waals surface area contributed by atoms with Gasteiger partial charge in [0.25, 0.3) is 6.26 Å². The van der Waals surface area contributed by atoms with Gasteiger partial charge in [0, 0.05) is 6.42 Å². The molecule has 0 radical (unpaired) electrons. The Kier molecular flexibility index (Phi) is 9.29. The molecule has 2 heterocycles. The average molecular weight is 517 g/mol. The molecule has 0 bridgehead atoms. The fourth-order valence-electron chi connectivity index (χ4n) is 4.41. The van der Waals surface area contributed by atoms with Crippen molar-refractivity contribution in [2.45, 2.75) is 83.6 Å². The van der Waals surface area contributed by atoms with Crippen molar-refractivity contribution in [2.24, 2.45) is 17.1 Å². The van der Waals surface area contributed by atoms with Crippen LogP contribution in [0.2, 0.25) is 0 Å². The quantitative estimate of drug-likeness (QED) is 0.309. The van der Waals surface area contributed by atoms with Crippen molar-refractivity contribution in [1.82, 2.24) is 14.6 Å². The molecule has 0 amide bonds. The van der Waals surface area contributed by atoms with Crippen LogP contribution in [0.1, 0.15) is 71.1 Å². The molecule has 0 saturated heterocycles. The summed E-state index contributed by atoms with van der Waals surface area (Å²) in [6, 6.07) is 2.22. The van der Waals surface area contributed by atoms with Crippen LogP contribution in [-0.4, -0.2) is 56.5 Å². The van der Waals surface area contributed by atoms with Gasteiger partial charge >= 0.3 is 11.9 Å². The highest BCUT2D eigenvalue weighted by Crippen LogP contribution is 2.30. The summed E-state index contributed by atoms with van der Waals surface area (Å²) in [5.41, 5.74) is 12.0. The Morgan fingerprint density at radius 1 is 1.27 bits per heavy atom. The van der Waals surface area contributed by atoms with E-state index in [1.54, 1.807) is 39.2 Å². The van der Waals surface area contributed by atoms with E-state index in [1.165, 1.54) is 10.8 Å². The predicted molar refractivity (Wildman–Crippen MR) is 132 cm³/mol. The number of nitrogen functional groups attached to an aromatic ring is 1. The number of ether oxygens (including phenoxy) is 3. The second-order valence-electron chi connectivity index (χ2n) is 10.5. The third-order valence-electron chi connectivity index (χ3n) is 6.72. The van der Waals surface area contributed by atoms with E-state index >= 15 is 0 Å². The van der Waals surface area contributed by atoms with E-state index < -0.39 is 48.3 Å². The molecule has 12 nitrogen and oxygen atoms in total. The van der Waals surface area contributed by atoms with E-state index in [2.05, 4.69) is 10.1 Å². The average Bonchev–Trinajstić information content (AvgIpc) is 3.30. The standard InChI is InChI=1S/C25H36N6O6/c1-25(2,3)22(27)24(34)35-12-18(36-13-26)21(37-19(32)11-15-7-5-4-6-8-15)20(33)16-9-10-17-23(28)29-14-30-31(16)17/h9-10,14-15,18,20-22,33H,4-8,11-12,27H2,1-3H3,(H2,28,29,30)/t18-,20+,21-,22+/m1/s1. The number of carbonyl (C=O) groups is 2. The monoisotopic (exact) mass is 516 g/mol. The molecule has 1 aliphatic rings. The van der Waals surface area contributed by atoms with E-state index in [0.717, 1.165) is 32.1 Å². The van der Waals surface area contributed by atoms with Gasteiger partial charge in [-0.15, -0.1) is 0 Å². The number of nitrogens with zero attached hydrogens (tertiary/aromatic N) is 4. The number of esters is 2. The van der Waals surface area contributed by atoms with Gasteiger partial charge in [-0.3, -0.25) is 9.59 Å². The molecule has 2 aromatic heterocycles. The second kappa shape index (κ2) is 12.2. The number of rotatable bonds is 10. The molecule has 0 unspecified atom stereocenters. The van der Waals surface area contributed by atoms with Crippen LogP contribution >= 0.6 is 0 Å². The maximum Gasteiger partial charge on any atom is 0.323 e. The van der Waals surface area contributed by atoms with E-state index in [1.807, 2.05) is 0 Å². The molecule has 0 aromatic carbocycles. The molecular weight excluding hydrogens is 480 g/mol. The highest BCUT2D eigenvalue weighted by molar-refractivity contribution is 5.76. The highest BCUT2D eigenvalue weighted by atomic mass is 16.6. The maximum atomic E-state index is 12.9. The molecule has 1 aliphatic carbocycles. The molecule has 4 atom stereocenters. The van der Waals surface area contributed by atoms with E-state index in [-0.39, 0.29) is 23.9 Å². The van der Waals surface area contributed by atoms with Gasteiger partial charge in [-0.2, -0.15) is 10.4 Å². The Morgan fingerprint density at radius 2 is 1.97 bits per heavy atom. The minimum atomic E-state index is -1.50. The second-order valence-corrected chi connectivity index (χ2v) is 10.5. The molecule has 202 valence electrons. The smallest absolute Gasteiger partial charge is 0.323 e. The van der Waals surface area contributed by atoms with Crippen LogP contribution in [0.3, 0.4) is 0 Å². The van der Waals surface area contributed by atoms with Crippen molar-refractivity contribution in [3.63, 3.8) is 0 Å². The molecule has 5 N–H and O–H groups in total. The lowest BCUT2D eigenvalue weighted by atomic mass is 9.87. The Balaban J connectivity index is 1.86.